The number of carbonyl (C=O) groups is 1. The van der Waals surface area contributed by atoms with Gasteiger partial charge in [0.1, 0.15) is 0 Å². The SMILES string of the molecule is Cc1c(Cl)cccc1C(=O)NCC(O)CC(C)C. The van der Waals surface area contributed by atoms with Crippen LogP contribution in [0.5, 0.6) is 0 Å². The molecule has 3 nitrogen and oxygen atoms in total. The van der Waals surface area contributed by atoms with Gasteiger partial charge in [-0.3, -0.25) is 4.79 Å². The fourth-order valence-corrected chi connectivity index (χ4v) is 1.96. The van der Waals surface area contributed by atoms with E-state index in [1.165, 1.54) is 0 Å². The van der Waals surface area contributed by atoms with Crippen molar-refractivity contribution in [1.82, 2.24) is 5.32 Å². The van der Waals surface area contributed by atoms with E-state index >= 15 is 0 Å². The number of hydrogen-bond donors (Lipinski definition) is 2. The van der Waals surface area contributed by atoms with Gasteiger partial charge in [-0.05, 0) is 37.0 Å². The molecule has 0 saturated carbocycles. The molecule has 0 aliphatic rings. The fourth-order valence-electron chi connectivity index (χ4n) is 1.79. The van der Waals surface area contributed by atoms with Crippen LogP contribution in [-0.4, -0.2) is 23.7 Å². The summed E-state index contributed by atoms with van der Waals surface area (Å²) in [5.41, 5.74) is 1.31. The molecule has 0 saturated heterocycles. The van der Waals surface area contributed by atoms with Crippen LogP contribution in [0.4, 0.5) is 0 Å². The Hall–Kier alpha value is -1.06. The first-order valence-electron chi connectivity index (χ1n) is 6.13. The van der Waals surface area contributed by atoms with Crippen molar-refractivity contribution in [2.24, 2.45) is 5.92 Å². The zero-order valence-corrected chi connectivity index (χ0v) is 11.8. The lowest BCUT2D eigenvalue weighted by molar-refractivity contribution is 0.0899. The largest absolute Gasteiger partial charge is 0.391 e. The molecule has 0 bridgehead atoms. The third kappa shape index (κ3) is 4.31. The van der Waals surface area contributed by atoms with Crippen molar-refractivity contribution < 1.29 is 9.90 Å². The van der Waals surface area contributed by atoms with E-state index in [9.17, 15) is 9.90 Å². The van der Waals surface area contributed by atoms with Gasteiger partial charge in [-0.15, -0.1) is 0 Å². The lowest BCUT2D eigenvalue weighted by Gasteiger charge is -2.14. The van der Waals surface area contributed by atoms with E-state index in [-0.39, 0.29) is 12.5 Å². The number of rotatable bonds is 5. The second-order valence-corrected chi connectivity index (χ2v) is 5.31. The topological polar surface area (TPSA) is 49.3 Å². The molecule has 100 valence electrons. The van der Waals surface area contributed by atoms with Crippen molar-refractivity contribution in [3.05, 3.63) is 34.3 Å². The Bertz CT molecular complexity index is 418. The zero-order chi connectivity index (χ0) is 13.7. The molecular weight excluding hydrogens is 250 g/mol. The van der Waals surface area contributed by atoms with Gasteiger partial charge in [0.25, 0.3) is 5.91 Å². The van der Waals surface area contributed by atoms with E-state index in [0.29, 0.717) is 22.9 Å². The van der Waals surface area contributed by atoms with E-state index in [1.54, 1.807) is 18.2 Å². The van der Waals surface area contributed by atoms with Gasteiger partial charge >= 0.3 is 0 Å². The van der Waals surface area contributed by atoms with Crippen molar-refractivity contribution in [2.45, 2.75) is 33.3 Å². The minimum Gasteiger partial charge on any atom is -0.391 e. The van der Waals surface area contributed by atoms with Crippen LogP contribution >= 0.6 is 11.6 Å². The summed E-state index contributed by atoms with van der Waals surface area (Å²) in [6.45, 7) is 6.14. The first-order valence-corrected chi connectivity index (χ1v) is 6.51. The van der Waals surface area contributed by atoms with E-state index in [2.05, 4.69) is 5.32 Å². The number of halogens is 1. The van der Waals surface area contributed by atoms with Crippen LogP contribution in [0.25, 0.3) is 0 Å². The smallest absolute Gasteiger partial charge is 0.251 e. The Labute approximate surface area is 113 Å². The Kier molecular flexibility index (Phi) is 5.63. The Balaban J connectivity index is 2.58. The third-order valence-electron chi connectivity index (χ3n) is 2.75. The molecule has 18 heavy (non-hydrogen) atoms. The molecular formula is C14H20ClNO2. The monoisotopic (exact) mass is 269 g/mol. The van der Waals surface area contributed by atoms with Crippen molar-refractivity contribution in [3.63, 3.8) is 0 Å². The predicted molar refractivity (Wildman–Crippen MR) is 74.0 cm³/mol. The standard InChI is InChI=1S/C14H20ClNO2/c1-9(2)7-11(17)8-16-14(18)12-5-4-6-13(15)10(12)3/h4-6,9,11,17H,7-8H2,1-3H3,(H,16,18). The molecule has 1 amide bonds. The minimum absolute atomic E-state index is 0.196. The molecule has 0 fully saturated rings. The summed E-state index contributed by atoms with van der Waals surface area (Å²) in [6.07, 6.45) is 0.169. The maximum atomic E-state index is 11.9. The quantitative estimate of drug-likeness (QED) is 0.864. The van der Waals surface area contributed by atoms with E-state index in [0.717, 1.165) is 5.56 Å². The first-order chi connectivity index (χ1) is 8.41. The number of benzene rings is 1. The van der Waals surface area contributed by atoms with Crippen LogP contribution in [0.1, 0.15) is 36.2 Å². The van der Waals surface area contributed by atoms with Gasteiger partial charge < -0.3 is 10.4 Å². The van der Waals surface area contributed by atoms with Gasteiger partial charge in [0.15, 0.2) is 0 Å². The summed E-state index contributed by atoms with van der Waals surface area (Å²) in [5, 5.41) is 13.0. The zero-order valence-electron chi connectivity index (χ0n) is 11.0. The lowest BCUT2D eigenvalue weighted by atomic mass is 10.1. The molecule has 4 heteroatoms. The van der Waals surface area contributed by atoms with Crippen LogP contribution in [0.15, 0.2) is 18.2 Å². The minimum atomic E-state index is -0.506. The van der Waals surface area contributed by atoms with E-state index < -0.39 is 6.10 Å². The van der Waals surface area contributed by atoms with Crippen molar-refractivity contribution in [2.75, 3.05) is 6.54 Å². The van der Waals surface area contributed by atoms with Crippen LogP contribution in [0.3, 0.4) is 0 Å². The molecule has 0 radical (unpaired) electrons. The summed E-state index contributed by atoms with van der Waals surface area (Å²) >= 11 is 5.96. The van der Waals surface area contributed by atoms with Gasteiger partial charge in [-0.1, -0.05) is 31.5 Å². The van der Waals surface area contributed by atoms with Crippen LogP contribution < -0.4 is 5.32 Å². The fraction of sp³-hybridized carbons (Fsp3) is 0.500. The van der Waals surface area contributed by atoms with Gasteiger partial charge in [-0.25, -0.2) is 0 Å². The number of aliphatic hydroxyl groups excluding tert-OH is 1. The molecule has 0 aliphatic carbocycles. The maximum Gasteiger partial charge on any atom is 0.251 e. The summed E-state index contributed by atoms with van der Waals surface area (Å²) in [6, 6.07) is 5.22. The van der Waals surface area contributed by atoms with Crippen molar-refractivity contribution in [1.29, 1.82) is 0 Å². The number of amides is 1. The first kappa shape index (κ1) is 15.0. The van der Waals surface area contributed by atoms with E-state index in [4.69, 9.17) is 11.6 Å². The highest BCUT2D eigenvalue weighted by Crippen LogP contribution is 2.18. The number of hydrogen-bond acceptors (Lipinski definition) is 2. The molecule has 0 aromatic heterocycles. The molecule has 1 atom stereocenters. The van der Waals surface area contributed by atoms with Gasteiger partial charge in [0.05, 0.1) is 6.10 Å². The number of aliphatic hydroxyl groups is 1. The summed E-state index contributed by atoms with van der Waals surface area (Å²) in [7, 11) is 0. The van der Waals surface area contributed by atoms with Crippen LogP contribution in [-0.2, 0) is 0 Å². The highest BCUT2D eigenvalue weighted by molar-refractivity contribution is 6.31. The Morgan fingerprint density at radius 1 is 1.44 bits per heavy atom. The summed E-state index contributed by atoms with van der Waals surface area (Å²) in [5.74, 6) is 0.211. The normalized spacial score (nSPS) is 12.6. The third-order valence-corrected chi connectivity index (χ3v) is 3.16. The summed E-state index contributed by atoms with van der Waals surface area (Å²) in [4.78, 5) is 11.9. The lowest BCUT2D eigenvalue weighted by Crippen LogP contribution is -2.33. The van der Waals surface area contributed by atoms with Crippen molar-refractivity contribution in [3.8, 4) is 0 Å². The van der Waals surface area contributed by atoms with Gasteiger partial charge in [0.2, 0.25) is 0 Å². The summed E-state index contributed by atoms with van der Waals surface area (Å²) < 4.78 is 0. The molecule has 0 spiro atoms. The second-order valence-electron chi connectivity index (χ2n) is 4.91. The molecule has 1 unspecified atom stereocenters. The average molecular weight is 270 g/mol. The molecule has 2 N–H and O–H groups in total. The highest BCUT2D eigenvalue weighted by atomic mass is 35.5. The molecule has 0 heterocycles. The highest BCUT2D eigenvalue weighted by Gasteiger charge is 2.13. The molecule has 1 aromatic rings. The van der Waals surface area contributed by atoms with Gasteiger partial charge in [0, 0.05) is 17.1 Å². The van der Waals surface area contributed by atoms with E-state index in [1.807, 2.05) is 20.8 Å². The second kappa shape index (κ2) is 6.76. The molecule has 1 rings (SSSR count). The molecule has 1 aromatic carbocycles. The number of nitrogens with one attached hydrogen (secondary N) is 1. The predicted octanol–water partition coefficient (Wildman–Crippen LogP) is 2.79. The van der Waals surface area contributed by atoms with Crippen molar-refractivity contribution >= 4 is 17.5 Å². The Morgan fingerprint density at radius 3 is 2.72 bits per heavy atom. The Morgan fingerprint density at radius 2 is 2.11 bits per heavy atom. The van der Waals surface area contributed by atoms with Crippen LogP contribution in [0, 0.1) is 12.8 Å². The van der Waals surface area contributed by atoms with Gasteiger partial charge in [-0.2, -0.15) is 0 Å². The number of carbonyl (C=O) groups excluding carboxylic acids is 1. The average Bonchev–Trinajstić information content (AvgIpc) is 2.29. The maximum absolute atomic E-state index is 11.9. The van der Waals surface area contributed by atoms with Crippen LogP contribution in [0.2, 0.25) is 5.02 Å². The molecule has 0 aliphatic heterocycles.